The summed E-state index contributed by atoms with van der Waals surface area (Å²) in [6.07, 6.45) is -8.68. The van der Waals surface area contributed by atoms with Crippen LogP contribution in [0.4, 0.5) is 37.7 Å². The second kappa shape index (κ2) is 10.9. The molecule has 0 unspecified atom stereocenters. The minimum Gasteiger partial charge on any atom is -0.398 e. The molecule has 2 aromatic rings. The van der Waals surface area contributed by atoms with Crippen molar-refractivity contribution in [2.45, 2.75) is 12.4 Å². The maximum atomic E-state index is 12.0. The van der Waals surface area contributed by atoms with E-state index in [2.05, 4.69) is 0 Å². The van der Waals surface area contributed by atoms with Gasteiger partial charge in [-0.15, -0.1) is 0 Å². The molecule has 2 aromatic carbocycles. The minimum atomic E-state index is -4.34. The molecule has 0 fully saturated rings. The van der Waals surface area contributed by atoms with Crippen molar-refractivity contribution in [3.63, 3.8) is 0 Å². The number of hydrogen-bond acceptors (Lipinski definition) is 2. The average Bonchev–Trinajstić information content (AvgIpc) is 2.44. The van der Waals surface area contributed by atoms with Gasteiger partial charge >= 0.3 is 61.9 Å². The van der Waals surface area contributed by atoms with Crippen LogP contribution in [-0.4, -0.2) is 13.7 Å². The third-order valence-corrected chi connectivity index (χ3v) is 2.53. The van der Waals surface area contributed by atoms with E-state index in [1.807, 2.05) is 0 Å². The first kappa shape index (κ1) is 26.6. The number of rotatable bonds is 0. The zero-order chi connectivity index (χ0) is 21.5. The van der Waals surface area contributed by atoms with Gasteiger partial charge in [0, 0.05) is 11.4 Å². The van der Waals surface area contributed by atoms with E-state index < -0.39 is 37.2 Å². The van der Waals surface area contributed by atoms with Crippen LogP contribution in [0.15, 0.2) is 48.5 Å². The first-order chi connectivity index (χ1) is 12.0. The van der Waals surface area contributed by atoms with Crippen molar-refractivity contribution in [1.82, 2.24) is 0 Å². The number of hydrogen-bond donors (Lipinski definition) is 2. The number of nitrogen functional groups attached to an aromatic ring is 2. The van der Waals surface area contributed by atoms with Gasteiger partial charge in [-0.05, 0) is 24.3 Å². The van der Waals surface area contributed by atoms with E-state index in [-0.39, 0.29) is 11.4 Å². The van der Waals surface area contributed by atoms with E-state index in [1.165, 1.54) is 36.4 Å². The molecule has 27 heavy (non-hydrogen) atoms. The van der Waals surface area contributed by atoms with E-state index in [1.54, 1.807) is 0 Å². The van der Waals surface area contributed by atoms with Gasteiger partial charge in [0.05, 0.1) is 11.1 Å². The van der Waals surface area contributed by atoms with Gasteiger partial charge < -0.3 is 11.5 Å². The third-order valence-electron chi connectivity index (χ3n) is 2.53. The molecule has 0 spiro atoms. The van der Waals surface area contributed by atoms with E-state index in [4.69, 9.17) is 47.3 Å². The number of nitrogens with two attached hydrogens (primary N) is 2. The largest absolute Gasteiger partial charge is 0.418 e. The SMILES string of the molecule is Cl[Te](Cl)(Cl)Cl.Nc1ccccc1C(F)(F)F.Nc1ccccc1C(F)(F)F. The molecule has 4 N–H and O–H groups in total. The molecule has 0 aliphatic heterocycles. The third kappa shape index (κ3) is 12.6. The molecule has 0 saturated carbocycles. The maximum Gasteiger partial charge on any atom is 0.418 e. The molecule has 2 nitrogen and oxygen atoms in total. The van der Waals surface area contributed by atoms with Crippen LogP contribution < -0.4 is 11.5 Å². The van der Waals surface area contributed by atoms with Crippen LogP contribution in [-0.2, 0) is 12.4 Å². The van der Waals surface area contributed by atoms with Gasteiger partial charge in [0.25, 0.3) is 0 Å². The number of para-hydroxylation sites is 2. The summed E-state index contributed by atoms with van der Waals surface area (Å²) in [4.78, 5) is 0. The molecule has 0 bridgehead atoms. The van der Waals surface area contributed by atoms with Crippen molar-refractivity contribution in [2.75, 3.05) is 11.5 Å². The fourth-order valence-corrected chi connectivity index (χ4v) is 1.51. The second-order valence-electron chi connectivity index (χ2n) is 4.52. The van der Waals surface area contributed by atoms with Gasteiger partial charge in [-0.2, -0.15) is 26.3 Å². The Balaban J connectivity index is 0.000000405. The summed E-state index contributed by atoms with van der Waals surface area (Å²) in [6, 6.07) is 9.89. The van der Waals surface area contributed by atoms with Crippen LogP contribution in [0.3, 0.4) is 0 Å². The first-order valence-corrected chi connectivity index (χ1v) is 18.3. The standard InChI is InChI=1S/2C7H6F3N.Cl4Te/c2*8-7(9,10)5-3-1-2-4-6(5)11;1-5(2,3)4/h2*1-4H,11H2;. The number of anilines is 2. The van der Waals surface area contributed by atoms with Gasteiger partial charge in [-0.3, -0.25) is 0 Å². The van der Waals surface area contributed by atoms with Gasteiger partial charge in [-0.1, -0.05) is 24.3 Å². The van der Waals surface area contributed by atoms with Crippen molar-refractivity contribution >= 4 is 60.9 Å². The molecule has 0 saturated heterocycles. The van der Waals surface area contributed by atoms with Gasteiger partial charge in [0.15, 0.2) is 0 Å². The number of benzene rings is 2. The molecule has 0 atom stereocenters. The molecule has 154 valence electrons. The van der Waals surface area contributed by atoms with Crippen molar-refractivity contribution in [3.8, 4) is 0 Å². The predicted octanol–water partition coefficient (Wildman–Crippen LogP) is 6.95. The molecule has 0 heterocycles. The normalized spacial score (nSPS) is 12.2. The Morgan fingerprint density at radius 1 is 0.593 bits per heavy atom. The molecule has 0 amide bonds. The Hall–Kier alpha value is -0.430. The molecule has 0 aliphatic carbocycles. The van der Waals surface area contributed by atoms with Crippen LogP contribution >= 0.6 is 35.9 Å². The average molecular weight is 592 g/mol. The molecule has 2 rings (SSSR count). The van der Waals surface area contributed by atoms with Crippen molar-refractivity contribution in [2.24, 2.45) is 0 Å². The van der Waals surface area contributed by atoms with Crippen molar-refractivity contribution in [1.29, 1.82) is 0 Å². The molecule has 0 aliphatic rings. The Morgan fingerprint density at radius 3 is 0.963 bits per heavy atom. The van der Waals surface area contributed by atoms with Gasteiger partial charge in [-0.25, -0.2) is 0 Å². The summed E-state index contributed by atoms with van der Waals surface area (Å²) in [7, 11) is 20.1. The molecule has 0 aromatic heterocycles. The molecule has 0 radical (unpaired) electrons. The summed E-state index contributed by atoms with van der Waals surface area (Å²) in [5, 5.41) is 0. The summed E-state index contributed by atoms with van der Waals surface area (Å²) in [5.41, 5.74) is 8.15. The first-order valence-electron chi connectivity index (χ1n) is 6.48. The number of alkyl halides is 6. The van der Waals surface area contributed by atoms with Gasteiger partial charge in [0.2, 0.25) is 0 Å². The molecule has 13 heteroatoms. The molecular formula is C14H12Cl4F6N2Te. The Bertz CT molecular complexity index is 658. The summed E-state index contributed by atoms with van der Waals surface area (Å²) in [5.74, 6) is 0. The van der Waals surface area contributed by atoms with E-state index in [9.17, 15) is 26.3 Å². The van der Waals surface area contributed by atoms with Gasteiger partial charge in [0.1, 0.15) is 0 Å². The monoisotopic (exact) mass is 592 g/mol. The van der Waals surface area contributed by atoms with Crippen LogP contribution in [0.1, 0.15) is 11.1 Å². The summed E-state index contributed by atoms with van der Waals surface area (Å²) >= 11 is -3.13. The zero-order valence-corrected chi connectivity index (χ0v) is 18.3. The van der Waals surface area contributed by atoms with E-state index in [0.717, 1.165) is 12.1 Å². The zero-order valence-electron chi connectivity index (χ0n) is 13.0. The summed E-state index contributed by atoms with van der Waals surface area (Å²) in [6.45, 7) is 0. The molecular weight excluding hydrogens is 580 g/mol. The predicted molar refractivity (Wildman–Crippen MR) is 101 cm³/mol. The van der Waals surface area contributed by atoms with Crippen LogP contribution in [0.2, 0.25) is 0 Å². The van der Waals surface area contributed by atoms with E-state index in [0.29, 0.717) is 0 Å². The quantitative estimate of drug-likeness (QED) is 0.198. The number of halogens is 10. The maximum absolute atomic E-state index is 12.0. The smallest absolute Gasteiger partial charge is 0.398 e. The summed E-state index contributed by atoms with van der Waals surface area (Å²) < 4.78 is 71.8. The van der Waals surface area contributed by atoms with Crippen molar-refractivity contribution < 1.29 is 26.3 Å². The van der Waals surface area contributed by atoms with Crippen LogP contribution in [0.25, 0.3) is 0 Å². The Kier molecular flexibility index (Phi) is 10.8. The second-order valence-corrected chi connectivity index (χ2v) is 25.3. The topological polar surface area (TPSA) is 52.0 Å². The van der Waals surface area contributed by atoms with E-state index >= 15 is 0 Å². The van der Waals surface area contributed by atoms with Crippen LogP contribution in [0.5, 0.6) is 0 Å². The Labute approximate surface area is 170 Å². The fourth-order valence-electron chi connectivity index (χ4n) is 1.51. The van der Waals surface area contributed by atoms with Crippen molar-refractivity contribution in [3.05, 3.63) is 59.7 Å². The fraction of sp³-hybridized carbons (Fsp3) is 0.143. The minimum absolute atomic E-state index is 0.236. The Morgan fingerprint density at radius 2 is 0.815 bits per heavy atom. The van der Waals surface area contributed by atoms with Crippen LogP contribution in [0, 0.1) is 0 Å².